The molecule has 0 fully saturated rings. The molecule has 0 aliphatic carbocycles. The van der Waals surface area contributed by atoms with Crippen LogP contribution in [0.1, 0.15) is 28.3 Å². The second kappa shape index (κ2) is 7.71. The van der Waals surface area contributed by atoms with Crippen LogP contribution in [0.2, 0.25) is 0 Å². The van der Waals surface area contributed by atoms with Crippen LogP contribution in [-0.4, -0.2) is 29.4 Å². The molecule has 2 heterocycles. The largest absolute Gasteiger partial charge is 0.496 e. The van der Waals surface area contributed by atoms with E-state index in [9.17, 15) is 4.79 Å². The molecule has 3 aromatic carbocycles. The number of hydrogen-bond acceptors (Lipinski definition) is 2. The van der Waals surface area contributed by atoms with Crippen molar-refractivity contribution in [1.82, 2.24) is 9.88 Å². The molecule has 0 bridgehead atoms. The highest BCUT2D eigenvalue weighted by Crippen LogP contribution is 2.36. The highest BCUT2D eigenvalue weighted by Gasteiger charge is 2.32. The van der Waals surface area contributed by atoms with E-state index in [1.807, 2.05) is 47.5 Å². The standard InChI is InChI=1S/C26H24N2O2/c1-30-23-13-7-12-22-25(23)20(17-27-22)16-24(29)28-15-14-18-8-5-6-11-21(18)26(28)19-9-3-2-4-10-19/h2-13,17,26-27H,14-16H2,1H3/t26-/m0/s1. The van der Waals surface area contributed by atoms with Crippen LogP contribution in [0.4, 0.5) is 0 Å². The van der Waals surface area contributed by atoms with Crippen molar-refractivity contribution in [3.63, 3.8) is 0 Å². The zero-order chi connectivity index (χ0) is 20.5. The highest BCUT2D eigenvalue weighted by atomic mass is 16.5. The quantitative estimate of drug-likeness (QED) is 0.534. The number of benzene rings is 3. The third kappa shape index (κ3) is 3.14. The minimum absolute atomic E-state index is 0.0595. The summed E-state index contributed by atoms with van der Waals surface area (Å²) in [6.07, 6.45) is 3.15. The molecule has 0 spiro atoms. The lowest BCUT2D eigenvalue weighted by atomic mass is 9.88. The summed E-state index contributed by atoms with van der Waals surface area (Å²) in [6.45, 7) is 0.717. The maximum Gasteiger partial charge on any atom is 0.227 e. The monoisotopic (exact) mass is 396 g/mol. The van der Waals surface area contributed by atoms with Gasteiger partial charge in [0.25, 0.3) is 0 Å². The summed E-state index contributed by atoms with van der Waals surface area (Å²) in [6, 6.07) is 24.6. The van der Waals surface area contributed by atoms with Crippen molar-refractivity contribution in [2.24, 2.45) is 0 Å². The topological polar surface area (TPSA) is 45.3 Å². The molecule has 1 aliphatic heterocycles. The van der Waals surface area contributed by atoms with Crippen LogP contribution in [0.25, 0.3) is 10.9 Å². The number of amides is 1. The highest BCUT2D eigenvalue weighted by molar-refractivity contribution is 5.93. The Balaban J connectivity index is 1.52. The summed E-state index contributed by atoms with van der Waals surface area (Å²) >= 11 is 0. The molecule has 1 amide bonds. The first-order valence-electron chi connectivity index (χ1n) is 10.3. The first kappa shape index (κ1) is 18.5. The van der Waals surface area contributed by atoms with Gasteiger partial charge in [0, 0.05) is 23.6 Å². The van der Waals surface area contributed by atoms with Crippen LogP contribution in [0, 0.1) is 0 Å². The van der Waals surface area contributed by atoms with Gasteiger partial charge in [0.15, 0.2) is 0 Å². The maximum atomic E-state index is 13.6. The number of nitrogens with one attached hydrogen (secondary N) is 1. The van der Waals surface area contributed by atoms with Crippen molar-refractivity contribution >= 4 is 16.8 Å². The van der Waals surface area contributed by atoms with E-state index in [0.29, 0.717) is 6.42 Å². The first-order valence-corrected chi connectivity index (χ1v) is 10.3. The van der Waals surface area contributed by atoms with E-state index in [0.717, 1.165) is 40.7 Å². The van der Waals surface area contributed by atoms with Crippen LogP contribution < -0.4 is 4.74 Å². The Labute approximate surface area is 176 Å². The number of methoxy groups -OCH3 is 1. The number of H-pyrrole nitrogens is 1. The molecule has 0 saturated heterocycles. The van der Waals surface area contributed by atoms with Gasteiger partial charge in [0.05, 0.1) is 19.6 Å². The lowest BCUT2D eigenvalue weighted by Gasteiger charge is -2.38. The molecule has 0 unspecified atom stereocenters. The fourth-order valence-electron chi connectivity index (χ4n) is 4.62. The molecule has 150 valence electrons. The Bertz CT molecular complexity index is 1200. The Hall–Kier alpha value is -3.53. The second-order valence-electron chi connectivity index (χ2n) is 7.72. The van der Waals surface area contributed by atoms with Gasteiger partial charge in [0.1, 0.15) is 5.75 Å². The minimum Gasteiger partial charge on any atom is -0.496 e. The number of aromatic amines is 1. The van der Waals surface area contributed by atoms with Crippen molar-refractivity contribution in [1.29, 1.82) is 0 Å². The molecular weight excluding hydrogens is 372 g/mol. The van der Waals surface area contributed by atoms with E-state index >= 15 is 0 Å². The zero-order valence-corrected chi connectivity index (χ0v) is 17.0. The van der Waals surface area contributed by atoms with E-state index in [4.69, 9.17) is 4.74 Å². The SMILES string of the molecule is COc1cccc2[nH]cc(CC(=O)N3CCc4ccccc4[C@@H]3c3ccccc3)c12. The summed E-state index contributed by atoms with van der Waals surface area (Å²) in [5, 5.41) is 0.988. The van der Waals surface area contributed by atoms with Gasteiger partial charge in [-0.1, -0.05) is 60.7 Å². The molecule has 0 radical (unpaired) electrons. The van der Waals surface area contributed by atoms with Gasteiger partial charge in [0.2, 0.25) is 5.91 Å². The molecule has 4 heteroatoms. The average molecular weight is 396 g/mol. The predicted octanol–water partition coefficient (Wildman–Crippen LogP) is 4.89. The van der Waals surface area contributed by atoms with Crippen LogP contribution >= 0.6 is 0 Å². The molecule has 30 heavy (non-hydrogen) atoms. The van der Waals surface area contributed by atoms with Crippen molar-refractivity contribution in [2.45, 2.75) is 18.9 Å². The Morgan fingerprint density at radius 1 is 1.03 bits per heavy atom. The normalized spacial score (nSPS) is 15.8. The fraction of sp³-hybridized carbons (Fsp3) is 0.192. The Morgan fingerprint density at radius 2 is 1.83 bits per heavy atom. The van der Waals surface area contributed by atoms with E-state index in [1.165, 1.54) is 11.1 Å². The van der Waals surface area contributed by atoms with Crippen molar-refractivity contribution in [3.8, 4) is 5.75 Å². The van der Waals surface area contributed by atoms with E-state index in [1.54, 1.807) is 7.11 Å². The molecular formula is C26H24N2O2. The molecule has 1 aromatic heterocycles. The van der Waals surface area contributed by atoms with Gasteiger partial charge >= 0.3 is 0 Å². The summed E-state index contributed by atoms with van der Waals surface area (Å²) in [4.78, 5) is 18.9. The molecule has 1 aliphatic rings. The molecule has 1 atom stereocenters. The molecule has 4 nitrogen and oxygen atoms in total. The van der Waals surface area contributed by atoms with Gasteiger partial charge < -0.3 is 14.6 Å². The molecule has 5 rings (SSSR count). The minimum atomic E-state index is -0.0595. The number of ether oxygens (including phenoxy) is 1. The van der Waals surface area contributed by atoms with Crippen molar-refractivity contribution in [2.75, 3.05) is 13.7 Å². The van der Waals surface area contributed by atoms with Crippen LogP contribution in [0.15, 0.2) is 79.0 Å². The lowest BCUT2D eigenvalue weighted by Crippen LogP contribution is -2.41. The number of aromatic nitrogens is 1. The number of hydrogen-bond donors (Lipinski definition) is 1. The smallest absolute Gasteiger partial charge is 0.227 e. The number of carbonyl (C=O) groups is 1. The fourth-order valence-corrected chi connectivity index (χ4v) is 4.62. The van der Waals surface area contributed by atoms with Crippen LogP contribution in [-0.2, 0) is 17.6 Å². The third-order valence-electron chi connectivity index (χ3n) is 6.03. The Kier molecular flexibility index (Phi) is 4.75. The van der Waals surface area contributed by atoms with E-state index in [-0.39, 0.29) is 11.9 Å². The van der Waals surface area contributed by atoms with Gasteiger partial charge in [-0.15, -0.1) is 0 Å². The lowest BCUT2D eigenvalue weighted by molar-refractivity contribution is -0.132. The third-order valence-corrected chi connectivity index (χ3v) is 6.03. The molecule has 0 saturated carbocycles. The second-order valence-corrected chi connectivity index (χ2v) is 7.72. The van der Waals surface area contributed by atoms with E-state index < -0.39 is 0 Å². The summed E-state index contributed by atoms with van der Waals surface area (Å²) in [7, 11) is 1.67. The van der Waals surface area contributed by atoms with Gasteiger partial charge in [-0.05, 0) is 40.8 Å². The van der Waals surface area contributed by atoms with Crippen LogP contribution in [0.3, 0.4) is 0 Å². The van der Waals surface area contributed by atoms with Gasteiger partial charge in [-0.3, -0.25) is 4.79 Å². The summed E-state index contributed by atoms with van der Waals surface area (Å²) in [5.74, 6) is 0.922. The number of carbonyl (C=O) groups excluding carboxylic acids is 1. The molecule has 4 aromatic rings. The Morgan fingerprint density at radius 3 is 2.67 bits per heavy atom. The summed E-state index contributed by atoms with van der Waals surface area (Å²) in [5.41, 5.74) is 5.65. The molecule has 1 N–H and O–H groups in total. The first-order chi connectivity index (χ1) is 14.8. The van der Waals surface area contributed by atoms with Crippen LogP contribution in [0.5, 0.6) is 5.75 Å². The maximum absolute atomic E-state index is 13.6. The predicted molar refractivity (Wildman–Crippen MR) is 119 cm³/mol. The zero-order valence-electron chi connectivity index (χ0n) is 17.0. The van der Waals surface area contributed by atoms with Gasteiger partial charge in [-0.2, -0.15) is 0 Å². The summed E-state index contributed by atoms with van der Waals surface area (Å²) < 4.78 is 5.55. The van der Waals surface area contributed by atoms with Gasteiger partial charge in [-0.25, -0.2) is 0 Å². The number of nitrogens with zero attached hydrogens (tertiary/aromatic N) is 1. The average Bonchev–Trinajstić information content (AvgIpc) is 3.21. The van der Waals surface area contributed by atoms with Crippen molar-refractivity contribution < 1.29 is 9.53 Å². The number of rotatable bonds is 4. The van der Waals surface area contributed by atoms with Crippen molar-refractivity contribution in [3.05, 3.63) is 101 Å². The number of fused-ring (bicyclic) bond motifs is 2. The van der Waals surface area contributed by atoms with E-state index in [2.05, 4.69) is 41.4 Å².